The Morgan fingerprint density at radius 2 is 1.79 bits per heavy atom. The number of nitrogens with one attached hydrogen (secondary N) is 2. The smallest absolute Gasteiger partial charge is 0.248 e. The van der Waals surface area contributed by atoms with Crippen LogP contribution in [0.2, 0.25) is 0 Å². The summed E-state index contributed by atoms with van der Waals surface area (Å²) in [6.07, 6.45) is 3.04. The van der Waals surface area contributed by atoms with E-state index in [9.17, 15) is 14.0 Å². The Kier molecular flexibility index (Phi) is 6.23. The van der Waals surface area contributed by atoms with E-state index >= 15 is 0 Å². The highest BCUT2D eigenvalue weighted by molar-refractivity contribution is 7.18. The van der Waals surface area contributed by atoms with Crippen molar-refractivity contribution in [3.8, 4) is 10.6 Å². The molecule has 0 aliphatic rings. The van der Waals surface area contributed by atoms with Crippen LogP contribution in [0.3, 0.4) is 0 Å². The Hall–Kier alpha value is -3.39. The van der Waals surface area contributed by atoms with Crippen molar-refractivity contribution in [2.45, 2.75) is 13.0 Å². The van der Waals surface area contributed by atoms with Crippen molar-refractivity contribution in [2.24, 2.45) is 0 Å². The summed E-state index contributed by atoms with van der Waals surface area (Å²) in [6, 6.07) is 14.4. The fourth-order valence-corrected chi connectivity index (χ4v) is 3.01. The number of carbonyl (C=O) groups excluding carboxylic acids is 2. The minimum Gasteiger partial charge on any atom is -0.341 e. The largest absolute Gasteiger partial charge is 0.341 e. The van der Waals surface area contributed by atoms with Crippen molar-refractivity contribution >= 4 is 34.4 Å². The van der Waals surface area contributed by atoms with Crippen LogP contribution in [-0.2, 0) is 9.59 Å². The SMILES string of the molecule is C[C@@H](NC(=O)/C=C/c1ccccc1)C(=O)Nc1nnc(-c2ccc(F)cc2)s1. The number of benzene rings is 2. The van der Waals surface area contributed by atoms with Crippen LogP contribution in [0, 0.1) is 5.82 Å². The zero-order valence-electron chi connectivity index (χ0n) is 14.9. The van der Waals surface area contributed by atoms with E-state index < -0.39 is 11.9 Å². The number of hydrogen-bond donors (Lipinski definition) is 2. The summed E-state index contributed by atoms with van der Waals surface area (Å²) in [6.45, 7) is 1.57. The first kappa shape index (κ1) is 19.4. The number of halogens is 1. The molecule has 3 rings (SSSR count). The zero-order valence-corrected chi connectivity index (χ0v) is 15.7. The molecule has 1 aromatic heterocycles. The second kappa shape index (κ2) is 9.01. The first-order valence-electron chi connectivity index (χ1n) is 8.45. The van der Waals surface area contributed by atoms with E-state index in [0.717, 1.165) is 16.9 Å². The molecule has 2 N–H and O–H groups in total. The quantitative estimate of drug-likeness (QED) is 0.625. The van der Waals surface area contributed by atoms with Crippen LogP contribution in [0.1, 0.15) is 12.5 Å². The number of carbonyl (C=O) groups is 2. The lowest BCUT2D eigenvalue weighted by molar-refractivity contribution is -0.123. The maximum absolute atomic E-state index is 13.0. The summed E-state index contributed by atoms with van der Waals surface area (Å²) < 4.78 is 13.0. The van der Waals surface area contributed by atoms with Gasteiger partial charge in [-0.15, -0.1) is 10.2 Å². The second-order valence-electron chi connectivity index (χ2n) is 5.88. The molecule has 0 aliphatic carbocycles. The number of anilines is 1. The molecule has 0 saturated carbocycles. The van der Waals surface area contributed by atoms with Crippen molar-refractivity contribution < 1.29 is 14.0 Å². The van der Waals surface area contributed by atoms with Gasteiger partial charge in [0.05, 0.1) is 0 Å². The van der Waals surface area contributed by atoms with Crippen LogP contribution in [-0.4, -0.2) is 28.1 Å². The molecule has 0 fully saturated rings. The first-order valence-corrected chi connectivity index (χ1v) is 9.27. The maximum Gasteiger partial charge on any atom is 0.248 e. The molecule has 142 valence electrons. The molecule has 3 aromatic rings. The van der Waals surface area contributed by atoms with Gasteiger partial charge in [-0.3, -0.25) is 14.9 Å². The minimum absolute atomic E-state index is 0.297. The maximum atomic E-state index is 13.0. The molecule has 1 heterocycles. The number of aromatic nitrogens is 2. The van der Waals surface area contributed by atoms with E-state index in [1.807, 2.05) is 30.3 Å². The lowest BCUT2D eigenvalue weighted by Gasteiger charge is -2.11. The average molecular weight is 396 g/mol. The van der Waals surface area contributed by atoms with Gasteiger partial charge in [0.15, 0.2) is 0 Å². The van der Waals surface area contributed by atoms with E-state index in [1.54, 1.807) is 25.1 Å². The van der Waals surface area contributed by atoms with Crippen molar-refractivity contribution in [3.05, 3.63) is 72.1 Å². The highest BCUT2D eigenvalue weighted by Gasteiger charge is 2.17. The Morgan fingerprint density at radius 3 is 2.50 bits per heavy atom. The molecule has 0 aliphatic heterocycles. The van der Waals surface area contributed by atoms with Gasteiger partial charge in [-0.2, -0.15) is 0 Å². The first-order chi connectivity index (χ1) is 13.5. The third-order valence-corrected chi connectivity index (χ3v) is 4.61. The van der Waals surface area contributed by atoms with Crippen molar-refractivity contribution in [2.75, 3.05) is 5.32 Å². The van der Waals surface area contributed by atoms with Crippen molar-refractivity contribution in [1.29, 1.82) is 0 Å². The molecular weight excluding hydrogens is 379 g/mol. The Morgan fingerprint density at radius 1 is 1.07 bits per heavy atom. The monoisotopic (exact) mass is 396 g/mol. The molecule has 0 radical (unpaired) electrons. The van der Waals surface area contributed by atoms with Gasteiger partial charge >= 0.3 is 0 Å². The topological polar surface area (TPSA) is 84.0 Å². The fraction of sp³-hybridized carbons (Fsp3) is 0.100. The predicted octanol–water partition coefficient (Wildman–Crippen LogP) is 3.50. The molecule has 0 bridgehead atoms. The highest BCUT2D eigenvalue weighted by atomic mass is 32.1. The number of hydrogen-bond acceptors (Lipinski definition) is 5. The van der Waals surface area contributed by atoms with Crippen molar-refractivity contribution in [1.82, 2.24) is 15.5 Å². The van der Waals surface area contributed by atoms with Gasteiger partial charge in [-0.1, -0.05) is 41.7 Å². The molecule has 6 nitrogen and oxygen atoms in total. The molecule has 0 saturated heterocycles. The summed E-state index contributed by atoms with van der Waals surface area (Å²) >= 11 is 1.16. The molecule has 28 heavy (non-hydrogen) atoms. The van der Waals surface area contributed by atoms with Gasteiger partial charge in [0.25, 0.3) is 0 Å². The van der Waals surface area contributed by atoms with Crippen molar-refractivity contribution in [3.63, 3.8) is 0 Å². The minimum atomic E-state index is -0.758. The summed E-state index contributed by atoms with van der Waals surface area (Å²) in [5.41, 5.74) is 1.59. The van der Waals surface area contributed by atoms with Crippen LogP contribution in [0.25, 0.3) is 16.6 Å². The van der Waals surface area contributed by atoms with Crippen LogP contribution in [0.4, 0.5) is 9.52 Å². The van der Waals surface area contributed by atoms with Crippen LogP contribution >= 0.6 is 11.3 Å². The standard InChI is InChI=1S/C20H17FN4O2S/c1-13(22-17(26)12-7-14-5-3-2-4-6-14)18(27)23-20-25-24-19(28-20)15-8-10-16(21)11-9-15/h2-13H,1H3,(H,22,26)(H,23,25,27)/b12-7+/t13-/m1/s1. The summed E-state index contributed by atoms with van der Waals surface area (Å²) in [5, 5.41) is 14.0. The van der Waals surface area contributed by atoms with Crippen LogP contribution < -0.4 is 10.6 Å². The molecule has 2 amide bonds. The number of nitrogens with zero attached hydrogens (tertiary/aromatic N) is 2. The number of amides is 2. The van der Waals surface area contributed by atoms with Gasteiger partial charge in [0.2, 0.25) is 16.9 Å². The summed E-state index contributed by atoms with van der Waals surface area (Å²) in [5.74, 6) is -1.13. The zero-order chi connectivity index (χ0) is 19.9. The highest BCUT2D eigenvalue weighted by Crippen LogP contribution is 2.26. The van der Waals surface area contributed by atoms with E-state index in [0.29, 0.717) is 15.7 Å². The molecule has 0 spiro atoms. The van der Waals surface area contributed by atoms with Gasteiger partial charge in [0, 0.05) is 11.6 Å². The van der Waals surface area contributed by atoms with Crippen LogP contribution in [0.15, 0.2) is 60.7 Å². The molecular formula is C20H17FN4O2S. The lowest BCUT2D eigenvalue weighted by atomic mass is 10.2. The van der Waals surface area contributed by atoms with Gasteiger partial charge in [0.1, 0.15) is 16.9 Å². The summed E-state index contributed by atoms with van der Waals surface area (Å²) in [7, 11) is 0. The van der Waals surface area contributed by atoms with Gasteiger partial charge in [-0.25, -0.2) is 4.39 Å². The third kappa shape index (κ3) is 5.31. The second-order valence-corrected chi connectivity index (χ2v) is 6.86. The fourth-order valence-electron chi connectivity index (χ4n) is 2.26. The Balaban J connectivity index is 1.55. The summed E-state index contributed by atoms with van der Waals surface area (Å²) in [4.78, 5) is 24.2. The predicted molar refractivity (Wildman–Crippen MR) is 107 cm³/mol. The van der Waals surface area contributed by atoms with E-state index in [1.165, 1.54) is 18.2 Å². The van der Waals surface area contributed by atoms with E-state index in [4.69, 9.17) is 0 Å². The van der Waals surface area contributed by atoms with Gasteiger partial charge in [-0.05, 0) is 42.8 Å². The third-order valence-electron chi connectivity index (χ3n) is 3.73. The van der Waals surface area contributed by atoms with Gasteiger partial charge < -0.3 is 5.32 Å². The molecule has 8 heteroatoms. The lowest BCUT2D eigenvalue weighted by Crippen LogP contribution is -2.40. The van der Waals surface area contributed by atoms with Crippen LogP contribution in [0.5, 0.6) is 0 Å². The van der Waals surface area contributed by atoms with E-state index in [-0.39, 0.29) is 11.7 Å². The molecule has 1 atom stereocenters. The molecule has 2 aromatic carbocycles. The van der Waals surface area contributed by atoms with E-state index in [2.05, 4.69) is 20.8 Å². The Bertz CT molecular complexity index is 987. The average Bonchev–Trinajstić information content (AvgIpc) is 3.16. The molecule has 0 unspecified atom stereocenters. The number of rotatable bonds is 6. The normalized spacial score (nSPS) is 11.9. The Labute approximate surface area is 165 Å².